The molecule has 4 heteroatoms. The number of nitrogens with zero attached hydrogens (tertiary/aromatic N) is 2. The Labute approximate surface area is 63.0 Å². The van der Waals surface area contributed by atoms with Gasteiger partial charge in [-0.3, -0.25) is 4.98 Å². The van der Waals surface area contributed by atoms with Crippen molar-refractivity contribution in [2.45, 2.75) is 0 Å². The van der Waals surface area contributed by atoms with Gasteiger partial charge in [-0.25, -0.2) is 0 Å². The highest BCUT2D eigenvalue weighted by atomic mass is 35.5. The first-order chi connectivity index (χ1) is 4.84. The molecule has 0 saturated carbocycles. The predicted molar refractivity (Wildman–Crippen MR) is 38.4 cm³/mol. The van der Waals surface area contributed by atoms with Gasteiger partial charge in [-0.05, 0) is 12.1 Å². The van der Waals surface area contributed by atoms with Gasteiger partial charge in [0, 0.05) is 18.0 Å². The largest absolute Gasteiger partial charge is 0.410 e. The zero-order chi connectivity index (χ0) is 7.40. The highest BCUT2D eigenvalue weighted by Gasteiger charge is 1.96. The Bertz CT molecular complexity index is 235. The van der Waals surface area contributed by atoms with Crippen molar-refractivity contribution in [1.29, 1.82) is 0 Å². The van der Waals surface area contributed by atoms with E-state index in [0.29, 0.717) is 5.56 Å². The Balaban J connectivity index is 2.96. The van der Waals surface area contributed by atoms with E-state index in [2.05, 4.69) is 10.1 Å². The molecule has 0 unspecified atom stereocenters. The molecule has 0 atom stereocenters. The van der Waals surface area contributed by atoms with Crippen LogP contribution in [-0.4, -0.2) is 15.4 Å². The molecular formula is C6H5ClN2O. The number of hydrogen-bond acceptors (Lipinski definition) is 3. The molecule has 0 aliphatic carbocycles. The topological polar surface area (TPSA) is 45.5 Å². The minimum absolute atomic E-state index is 0.0492. The van der Waals surface area contributed by atoms with Gasteiger partial charge < -0.3 is 5.21 Å². The van der Waals surface area contributed by atoms with E-state index in [1.807, 2.05) is 0 Å². The molecule has 0 amide bonds. The fourth-order valence-corrected chi connectivity index (χ4v) is 0.654. The normalized spacial score (nSPS) is 11.5. The Kier molecular flexibility index (Phi) is 2.23. The first-order valence-electron chi connectivity index (χ1n) is 2.62. The summed E-state index contributed by atoms with van der Waals surface area (Å²) in [6.45, 7) is 0. The van der Waals surface area contributed by atoms with E-state index in [-0.39, 0.29) is 5.17 Å². The molecule has 0 aromatic carbocycles. The van der Waals surface area contributed by atoms with Gasteiger partial charge in [0.1, 0.15) is 0 Å². The number of oxime groups is 1. The Morgan fingerprint density at radius 1 is 1.70 bits per heavy atom. The number of pyridine rings is 1. The van der Waals surface area contributed by atoms with Crippen LogP contribution in [0.2, 0.25) is 0 Å². The standard InChI is InChI=1S/C6H5ClN2O/c7-6(9-10)5-2-1-3-8-4-5/h1-4,10H/b9-6-. The van der Waals surface area contributed by atoms with Crippen LogP contribution in [0.3, 0.4) is 0 Å². The van der Waals surface area contributed by atoms with Crippen molar-refractivity contribution >= 4 is 16.8 Å². The summed E-state index contributed by atoms with van der Waals surface area (Å²) in [5.74, 6) is 0. The first kappa shape index (κ1) is 7.02. The van der Waals surface area contributed by atoms with Crippen molar-refractivity contribution in [2.75, 3.05) is 0 Å². The van der Waals surface area contributed by atoms with Gasteiger partial charge in [-0.1, -0.05) is 16.8 Å². The molecular weight excluding hydrogens is 152 g/mol. The molecule has 0 bridgehead atoms. The van der Waals surface area contributed by atoms with Crippen molar-refractivity contribution < 1.29 is 5.21 Å². The van der Waals surface area contributed by atoms with E-state index in [1.165, 1.54) is 6.20 Å². The van der Waals surface area contributed by atoms with Gasteiger partial charge in [0.25, 0.3) is 0 Å². The minimum Gasteiger partial charge on any atom is -0.410 e. The van der Waals surface area contributed by atoms with Crippen LogP contribution in [-0.2, 0) is 0 Å². The van der Waals surface area contributed by atoms with E-state index in [1.54, 1.807) is 18.3 Å². The Morgan fingerprint density at radius 3 is 3.00 bits per heavy atom. The summed E-state index contributed by atoms with van der Waals surface area (Å²) in [5.41, 5.74) is 0.603. The molecule has 0 radical (unpaired) electrons. The van der Waals surface area contributed by atoms with Crippen molar-refractivity contribution in [3.05, 3.63) is 30.1 Å². The van der Waals surface area contributed by atoms with Crippen LogP contribution in [0.5, 0.6) is 0 Å². The Hall–Kier alpha value is -1.09. The molecule has 52 valence electrons. The SMILES string of the molecule is O/N=C(\Cl)c1cccnc1. The maximum Gasteiger partial charge on any atom is 0.176 e. The average Bonchev–Trinajstić information content (AvgIpc) is 2.05. The third-order valence-corrected chi connectivity index (χ3v) is 1.28. The highest BCUT2D eigenvalue weighted by molar-refractivity contribution is 6.69. The maximum absolute atomic E-state index is 8.22. The predicted octanol–water partition coefficient (Wildman–Crippen LogP) is 1.46. The fraction of sp³-hybridized carbons (Fsp3) is 0. The fourth-order valence-electron chi connectivity index (χ4n) is 0.543. The first-order valence-corrected chi connectivity index (χ1v) is 3.00. The summed E-state index contributed by atoms with van der Waals surface area (Å²) < 4.78 is 0. The lowest BCUT2D eigenvalue weighted by Crippen LogP contribution is -1.90. The maximum atomic E-state index is 8.22. The van der Waals surface area contributed by atoms with Gasteiger partial charge in [-0.2, -0.15) is 0 Å². The molecule has 1 aromatic heterocycles. The van der Waals surface area contributed by atoms with Crippen LogP contribution in [0.15, 0.2) is 29.7 Å². The van der Waals surface area contributed by atoms with Gasteiger partial charge in [0.05, 0.1) is 0 Å². The summed E-state index contributed by atoms with van der Waals surface area (Å²) >= 11 is 5.45. The number of hydrogen-bond donors (Lipinski definition) is 1. The second kappa shape index (κ2) is 3.17. The van der Waals surface area contributed by atoms with Crippen LogP contribution in [0.25, 0.3) is 0 Å². The Morgan fingerprint density at radius 2 is 2.50 bits per heavy atom. The highest BCUT2D eigenvalue weighted by Crippen LogP contribution is 2.01. The lowest BCUT2D eigenvalue weighted by Gasteiger charge is -1.91. The molecule has 0 saturated heterocycles. The monoisotopic (exact) mass is 156 g/mol. The summed E-state index contributed by atoms with van der Waals surface area (Å²) in [4.78, 5) is 3.78. The van der Waals surface area contributed by atoms with Crippen molar-refractivity contribution in [1.82, 2.24) is 4.98 Å². The van der Waals surface area contributed by atoms with E-state index in [9.17, 15) is 0 Å². The molecule has 3 nitrogen and oxygen atoms in total. The molecule has 0 aliphatic rings. The molecule has 1 aromatic rings. The summed E-state index contributed by atoms with van der Waals surface area (Å²) in [6, 6.07) is 3.41. The van der Waals surface area contributed by atoms with Crippen molar-refractivity contribution in [3.63, 3.8) is 0 Å². The molecule has 0 spiro atoms. The second-order valence-electron chi connectivity index (χ2n) is 1.63. The number of rotatable bonds is 1. The smallest absolute Gasteiger partial charge is 0.176 e. The lowest BCUT2D eigenvalue weighted by atomic mass is 10.3. The molecule has 0 aliphatic heterocycles. The van der Waals surface area contributed by atoms with Crippen molar-refractivity contribution in [2.24, 2.45) is 5.16 Å². The van der Waals surface area contributed by atoms with E-state index in [0.717, 1.165) is 0 Å². The quantitative estimate of drug-likeness (QED) is 0.380. The average molecular weight is 157 g/mol. The number of halogens is 1. The lowest BCUT2D eigenvalue weighted by molar-refractivity contribution is 0.321. The second-order valence-corrected chi connectivity index (χ2v) is 1.99. The van der Waals surface area contributed by atoms with E-state index in [4.69, 9.17) is 16.8 Å². The van der Waals surface area contributed by atoms with Gasteiger partial charge in [0.2, 0.25) is 0 Å². The summed E-state index contributed by atoms with van der Waals surface area (Å²) in [5, 5.41) is 11.1. The summed E-state index contributed by atoms with van der Waals surface area (Å²) in [6.07, 6.45) is 3.13. The minimum atomic E-state index is 0.0492. The van der Waals surface area contributed by atoms with Crippen LogP contribution in [0, 0.1) is 0 Å². The zero-order valence-corrected chi connectivity index (χ0v) is 5.78. The molecule has 10 heavy (non-hydrogen) atoms. The van der Waals surface area contributed by atoms with Crippen LogP contribution in [0.4, 0.5) is 0 Å². The third kappa shape index (κ3) is 1.45. The molecule has 1 N–H and O–H groups in total. The van der Waals surface area contributed by atoms with Crippen LogP contribution < -0.4 is 0 Å². The van der Waals surface area contributed by atoms with E-state index < -0.39 is 0 Å². The van der Waals surface area contributed by atoms with E-state index >= 15 is 0 Å². The van der Waals surface area contributed by atoms with Crippen molar-refractivity contribution in [3.8, 4) is 0 Å². The van der Waals surface area contributed by atoms with Gasteiger partial charge in [0.15, 0.2) is 5.17 Å². The molecule has 1 rings (SSSR count). The zero-order valence-electron chi connectivity index (χ0n) is 5.03. The molecule has 1 heterocycles. The summed E-state index contributed by atoms with van der Waals surface area (Å²) in [7, 11) is 0. The third-order valence-electron chi connectivity index (χ3n) is 0.988. The van der Waals surface area contributed by atoms with Crippen LogP contribution in [0.1, 0.15) is 5.56 Å². The van der Waals surface area contributed by atoms with Crippen LogP contribution >= 0.6 is 11.6 Å². The molecule has 0 fully saturated rings. The van der Waals surface area contributed by atoms with Gasteiger partial charge >= 0.3 is 0 Å². The number of aromatic nitrogens is 1. The van der Waals surface area contributed by atoms with Gasteiger partial charge in [-0.15, -0.1) is 0 Å².